The minimum Gasteiger partial charge on any atom is -0.386 e. The molecule has 1 saturated carbocycles. The summed E-state index contributed by atoms with van der Waals surface area (Å²) >= 11 is 0. The first kappa shape index (κ1) is 9.96. The van der Waals surface area contributed by atoms with Gasteiger partial charge in [-0.05, 0) is 31.0 Å². The van der Waals surface area contributed by atoms with E-state index in [2.05, 4.69) is 10.6 Å². The van der Waals surface area contributed by atoms with Gasteiger partial charge in [0.2, 0.25) is 5.91 Å². The average molecular weight is 208 g/mol. The Morgan fingerprint density at radius 2 is 2.20 bits per heavy atom. The van der Waals surface area contributed by atoms with Crippen LogP contribution in [0.5, 0.6) is 0 Å². The number of amides is 1. The van der Waals surface area contributed by atoms with Crippen LogP contribution in [0.25, 0.3) is 0 Å². The third-order valence-corrected chi connectivity index (χ3v) is 2.45. The predicted octanol–water partition coefficient (Wildman–Crippen LogP) is 2.22. The van der Waals surface area contributed by atoms with Crippen LogP contribution in [0.1, 0.15) is 12.8 Å². The SMILES string of the molecule is CNc1ccc(NC(=O)C2CC2)cc1F. The van der Waals surface area contributed by atoms with Crippen molar-refractivity contribution < 1.29 is 9.18 Å². The summed E-state index contributed by atoms with van der Waals surface area (Å²) in [7, 11) is 1.65. The maximum Gasteiger partial charge on any atom is 0.227 e. The van der Waals surface area contributed by atoms with Gasteiger partial charge in [-0.2, -0.15) is 0 Å². The first-order valence-corrected chi connectivity index (χ1v) is 4.99. The molecular weight excluding hydrogens is 195 g/mol. The van der Waals surface area contributed by atoms with Crippen molar-refractivity contribution in [2.45, 2.75) is 12.8 Å². The Balaban J connectivity index is 2.08. The van der Waals surface area contributed by atoms with Crippen LogP contribution >= 0.6 is 0 Å². The first-order valence-electron chi connectivity index (χ1n) is 4.99. The number of hydrogen-bond acceptors (Lipinski definition) is 2. The van der Waals surface area contributed by atoms with E-state index in [0.29, 0.717) is 11.4 Å². The highest BCUT2D eigenvalue weighted by molar-refractivity contribution is 5.94. The summed E-state index contributed by atoms with van der Waals surface area (Å²) in [6.45, 7) is 0. The van der Waals surface area contributed by atoms with E-state index >= 15 is 0 Å². The Morgan fingerprint density at radius 3 is 2.73 bits per heavy atom. The molecule has 0 atom stereocenters. The molecule has 15 heavy (non-hydrogen) atoms. The van der Waals surface area contributed by atoms with E-state index in [1.54, 1.807) is 19.2 Å². The molecule has 1 aromatic carbocycles. The number of hydrogen-bond donors (Lipinski definition) is 2. The van der Waals surface area contributed by atoms with E-state index in [1.165, 1.54) is 6.07 Å². The summed E-state index contributed by atoms with van der Waals surface area (Å²) in [6, 6.07) is 4.62. The molecule has 1 aromatic rings. The van der Waals surface area contributed by atoms with Crippen molar-refractivity contribution in [3.63, 3.8) is 0 Å². The highest BCUT2D eigenvalue weighted by Crippen LogP contribution is 2.30. The highest BCUT2D eigenvalue weighted by Gasteiger charge is 2.29. The van der Waals surface area contributed by atoms with Gasteiger partial charge in [0.05, 0.1) is 5.69 Å². The van der Waals surface area contributed by atoms with Crippen molar-refractivity contribution in [2.24, 2.45) is 5.92 Å². The van der Waals surface area contributed by atoms with Gasteiger partial charge in [0.1, 0.15) is 5.82 Å². The van der Waals surface area contributed by atoms with Crippen LogP contribution in [-0.4, -0.2) is 13.0 Å². The second-order valence-corrected chi connectivity index (χ2v) is 3.71. The molecule has 2 N–H and O–H groups in total. The maximum atomic E-state index is 13.3. The fourth-order valence-corrected chi connectivity index (χ4v) is 1.39. The lowest BCUT2D eigenvalue weighted by atomic mass is 10.2. The van der Waals surface area contributed by atoms with Gasteiger partial charge in [-0.25, -0.2) is 4.39 Å². The van der Waals surface area contributed by atoms with Crippen LogP contribution in [0.4, 0.5) is 15.8 Å². The van der Waals surface area contributed by atoms with E-state index in [0.717, 1.165) is 12.8 Å². The van der Waals surface area contributed by atoms with E-state index in [-0.39, 0.29) is 17.6 Å². The normalized spacial score (nSPS) is 14.8. The average Bonchev–Trinajstić information content (AvgIpc) is 3.01. The molecule has 0 radical (unpaired) electrons. The van der Waals surface area contributed by atoms with Crippen molar-refractivity contribution in [3.8, 4) is 0 Å². The lowest BCUT2D eigenvalue weighted by Crippen LogP contribution is -2.13. The minimum absolute atomic E-state index is 0.00777. The zero-order valence-electron chi connectivity index (χ0n) is 8.51. The summed E-state index contributed by atoms with van der Waals surface area (Å²) in [5.41, 5.74) is 0.947. The summed E-state index contributed by atoms with van der Waals surface area (Å²) in [4.78, 5) is 11.4. The lowest BCUT2D eigenvalue weighted by molar-refractivity contribution is -0.117. The van der Waals surface area contributed by atoms with Crippen LogP contribution < -0.4 is 10.6 Å². The lowest BCUT2D eigenvalue weighted by Gasteiger charge is -2.06. The van der Waals surface area contributed by atoms with Crippen molar-refractivity contribution in [3.05, 3.63) is 24.0 Å². The van der Waals surface area contributed by atoms with Gasteiger partial charge in [-0.3, -0.25) is 4.79 Å². The molecule has 1 aliphatic rings. The van der Waals surface area contributed by atoms with Gasteiger partial charge in [-0.1, -0.05) is 0 Å². The Bertz CT molecular complexity index is 388. The fraction of sp³-hybridized carbons (Fsp3) is 0.364. The molecule has 0 aliphatic heterocycles. The number of nitrogens with one attached hydrogen (secondary N) is 2. The second-order valence-electron chi connectivity index (χ2n) is 3.71. The molecule has 2 rings (SSSR count). The summed E-state index contributed by atoms with van der Waals surface area (Å²) in [5, 5.41) is 5.41. The molecule has 80 valence electrons. The van der Waals surface area contributed by atoms with Gasteiger partial charge in [0.25, 0.3) is 0 Å². The van der Waals surface area contributed by atoms with Crippen LogP contribution in [0.3, 0.4) is 0 Å². The Labute approximate surface area is 87.7 Å². The van der Waals surface area contributed by atoms with Gasteiger partial charge >= 0.3 is 0 Å². The molecule has 0 heterocycles. The smallest absolute Gasteiger partial charge is 0.227 e. The predicted molar refractivity (Wildman–Crippen MR) is 57.3 cm³/mol. The molecule has 1 aliphatic carbocycles. The van der Waals surface area contributed by atoms with Crippen LogP contribution in [0, 0.1) is 11.7 Å². The number of carbonyl (C=O) groups is 1. The van der Waals surface area contributed by atoms with E-state index in [1.807, 2.05) is 0 Å². The van der Waals surface area contributed by atoms with Crippen LogP contribution in [0.2, 0.25) is 0 Å². The van der Waals surface area contributed by atoms with Crippen molar-refractivity contribution in [1.82, 2.24) is 0 Å². The molecule has 1 fully saturated rings. The summed E-state index contributed by atoms with van der Waals surface area (Å²) < 4.78 is 13.3. The zero-order chi connectivity index (χ0) is 10.8. The van der Waals surface area contributed by atoms with Crippen molar-refractivity contribution in [1.29, 1.82) is 0 Å². The number of halogens is 1. The summed E-state index contributed by atoms with van der Waals surface area (Å²) in [5.74, 6) is -0.227. The highest BCUT2D eigenvalue weighted by atomic mass is 19.1. The van der Waals surface area contributed by atoms with Gasteiger partial charge in [0.15, 0.2) is 0 Å². The molecule has 0 bridgehead atoms. The number of anilines is 2. The Morgan fingerprint density at radius 1 is 1.47 bits per heavy atom. The standard InChI is InChI=1S/C11H13FN2O/c1-13-10-5-4-8(6-9(10)12)14-11(15)7-2-3-7/h4-7,13H,2-3H2,1H3,(H,14,15). The maximum absolute atomic E-state index is 13.3. The van der Waals surface area contributed by atoms with E-state index < -0.39 is 0 Å². The topological polar surface area (TPSA) is 41.1 Å². The Hall–Kier alpha value is -1.58. The Kier molecular flexibility index (Phi) is 2.58. The third-order valence-electron chi connectivity index (χ3n) is 2.45. The summed E-state index contributed by atoms with van der Waals surface area (Å²) in [6.07, 6.45) is 1.89. The van der Waals surface area contributed by atoms with E-state index in [4.69, 9.17) is 0 Å². The number of rotatable bonds is 3. The van der Waals surface area contributed by atoms with Gasteiger partial charge < -0.3 is 10.6 Å². The molecule has 0 aromatic heterocycles. The molecule has 3 nitrogen and oxygen atoms in total. The zero-order valence-corrected chi connectivity index (χ0v) is 8.51. The second kappa shape index (κ2) is 3.88. The molecule has 0 spiro atoms. The minimum atomic E-state index is -0.355. The molecular formula is C11H13FN2O. The third kappa shape index (κ3) is 2.26. The van der Waals surface area contributed by atoms with Crippen molar-refractivity contribution >= 4 is 17.3 Å². The molecule has 0 saturated heterocycles. The van der Waals surface area contributed by atoms with Crippen molar-refractivity contribution in [2.75, 3.05) is 17.7 Å². The van der Waals surface area contributed by atoms with Gasteiger partial charge in [-0.15, -0.1) is 0 Å². The van der Waals surface area contributed by atoms with E-state index in [9.17, 15) is 9.18 Å². The van der Waals surface area contributed by atoms with Crippen LogP contribution in [-0.2, 0) is 4.79 Å². The quantitative estimate of drug-likeness (QED) is 0.799. The molecule has 0 unspecified atom stereocenters. The fourth-order valence-electron chi connectivity index (χ4n) is 1.39. The molecule has 4 heteroatoms. The van der Waals surface area contributed by atoms with Gasteiger partial charge in [0, 0.05) is 18.7 Å². The first-order chi connectivity index (χ1) is 7.20. The largest absolute Gasteiger partial charge is 0.386 e. The number of carbonyl (C=O) groups excluding carboxylic acids is 1. The molecule has 1 amide bonds. The number of benzene rings is 1. The monoisotopic (exact) mass is 208 g/mol. The van der Waals surface area contributed by atoms with Crippen LogP contribution in [0.15, 0.2) is 18.2 Å².